The van der Waals surface area contributed by atoms with Gasteiger partial charge in [0.15, 0.2) is 5.16 Å². The SMILES string of the molecule is CCC(O)(CC)CSc1ncc[nH]1. The predicted molar refractivity (Wildman–Crippen MR) is 54.8 cm³/mol. The summed E-state index contributed by atoms with van der Waals surface area (Å²) in [4.78, 5) is 7.08. The van der Waals surface area contributed by atoms with Gasteiger partial charge in [-0.25, -0.2) is 4.98 Å². The summed E-state index contributed by atoms with van der Waals surface area (Å²) in [5.41, 5.74) is -0.544. The van der Waals surface area contributed by atoms with E-state index < -0.39 is 5.60 Å². The third-order valence-electron chi connectivity index (χ3n) is 2.27. The molecule has 0 unspecified atom stereocenters. The summed E-state index contributed by atoms with van der Waals surface area (Å²) in [6, 6.07) is 0. The lowest BCUT2D eigenvalue weighted by Gasteiger charge is -2.23. The van der Waals surface area contributed by atoms with E-state index in [9.17, 15) is 5.11 Å². The maximum Gasteiger partial charge on any atom is 0.165 e. The summed E-state index contributed by atoms with van der Waals surface area (Å²) in [5, 5.41) is 10.8. The van der Waals surface area contributed by atoms with Gasteiger partial charge in [-0.1, -0.05) is 25.6 Å². The summed E-state index contributed by atoms with van der Waals surface area (Å²) < 4.78 is 0. The number of rotatable bonds is 5. The predicted octanol–water partition coefficient (Wildman–Crippen LogP) is 2.05. The maximum atomic E-state index is 9.97. The van der Waals surface area contributed by atoms with Gasteiger partial charge in [0, 0.05) is 18.1 Å². The molecule has 1 heterocycles. The number of hydrogen-bond acceptors (Lipinski definition) is 3. The molecule has 0 saturated heterocycles. The zero-order chi connectivity index (χ0) is 9.73. The average Bonchev–Trinajstić information content (AvgIpc) is 2.67. The molecule has 0 amide bonds. The Morgan fingerprint density at radius 3 is 2.69 bits per heavy atom. The Labute approximate surface area is 83.0 Å². The molecule has 0 radical (unpaired) electrons. The van der Waals surface area contributed by atoms with Crippen LogP contribution in [0.4, 0.5) is 0 Å². The quantitative estimate of drug-likeness (QED) is 0.715. The zero-order valence-corrected chi connectivity index (χ0v) is 8.90. The lowest BCUT2D eigenvalue weighted by molar-refractivity contribution is 0.0571. The third kappa shape index (κ3) is 3.04. The Morgan fingerprint density at radius 2 is 2.23 bits per heavy atom. The Kier molecular flexibility index (Phi) is 3.81. The smallest absolute Gasteiger partial charge is 0.165 e. The van der Waals surface area contributed by atoms with Crippen molar-refractivity contribution in [3.8, 4) is 0 Å². The van der Waals surface area contributed by atoms with Crippen molar-refractivity contribution in [2.24, 2.45) is 0 Å². The molecule has 2 N–H and O–H groups in total. The summed E-state index contributed by atoms with van der Waals surface area (Å²) in [6.45, 7) is 4.01. The van der Waals surface area contributed by atoms with Gasteiger partial charge >= 0.3 is 0 Å². The minimum absolute atomic E-state index is 0.544. The summed E-state index contributed by atoms with van der Waals surface area (Å²) in [5.74, 6) is 0.702. The second-order valence-corrected chi connectivity index (χ2v) is 4.08. The van der Waals surface area contributed by atoms with E-state index in [0.29, 0.717) is 5.75 Å². The van der Waals surface area contributed by atoms with Crippen LogP contribution >= 0.6 is 11.8 Å². The highest BCUT2D eigenvalue weighted by molar-refractivity contribution is 7.99. The molecule has 0 spiro atoms. The van der Waals surface area contributed by atoms with Crippen LogP contribution < -0.4 is 0 Å². The molecular weight excluding hydrogens is 184 g/mol. The van der Waals surface area contributed by atoms with Gasteiger partial charge in [-0.3, -0.25) is 0 Å². The van der Waals surface area contributed by atoms with E-state index in [-0.39, 0.29) is 0 Å². The minimum Gasteiger partial charge on any atom is -0.389 e. The van der Waals surface area contributed by atoms with Crippen LogP contribution in [0.5, 0.6) is 0 Å². The topological polar surface area (TPSA) is 48.9 Å². The van der Waals surface area contributed by atoms with Crippen molar-refractivity contribution in [3.63, 3.8) is 0 Å². The molecule has 3 nitrogen and oxygen atoms in total. The molecule has 0 bridgehead atoms. The molecule has 4 heteroatoms. The molecule has 0 saturated carbocycles. The first-order chi connectivity index (χ1) is 6.20. The highest BCUT2D eigenvalue weighted by Gasteiger charge is 2.22. The van der Waals surface area contributed by atoms with Crippen molar-refractivity contribution in [3.05, 3.63) is 12.4 Å². The van der Waals surface area contributed by atoms with Crippen LogP contribution in [0.1, 0.15) is 26.7 Å². The molecular formula is C9H16N2OS. The average molecular weight is 200 g/mol. The largest absolute Gasteiger partial charge is 0.389 e. The highest BCUT2D eigenvalue weighted by atomic mass is 32.2. The Morgan fingerprint density at radius 1 is 1.54 bits per heavy atom. The fraction of sp³-hybridized carbons (Fsp3) is 0.667. The van der Waals surface area contributed by atoms with Crippen molar-refractivity contribution in [1.29, 1.82) is 0 Å². The van der Waals surface area contributed by atoms with Crippen molar-refractivity contribution >= 4 is 11.8 Å². The molecule has 0 aliphatic carbocycles. The van der Waals surface area contributed by atoms with E-state index in [1.807, 2.05) is 13.8 Å². The number of thioether (sulfide) groups is 1. The lowest BCUT2D eigenvalue weighted by atomic mass is 10.0. The van der Waals surface area contributed by atoms with Crippen LogP contribution in [0.25, 0.3) is 0 Å². The standard InChI is InChI=1S/C9H16N2OS/c1-3-9(12,4-2)7-13-8-10-5-6-11-8/h5-6,12H,3-4,7H2,1-2H3,(H,10,11). The molecule has 0 aromatic carbocycles. The molecule has 13 heavy (non-hydrogen) atoms. The fourth-order valence-corrected chi connectivity index (χ4v) is 2.09. The first kappa shape index (κ1) is 10.6. The van der Waals surface area contributed by atoms with E-state index in [1.54, 1.807) is 24.2 Å². The summed E-state index contributed by atoms with van der Waals surface area (Å²) in [6.07, 6.45) is 5.09. The van der Waals surface area contributed by atoms with Crippen molar-refractivity contribution in [2.75, 3.05) is 5.75 Å². The van der Waals surface area contributed by atoms with Gasteiger partial charge < -0.3 is 10.1 Å². The zero-order valence-electron chi connectivity index (χ0n) is 8.08. The van der Waals surface area contributed by atoms with Crippen LogP contribution in [-0.4, -0.2) is 26.4 Å². The van der Waals surface area contributed by atoms with E-state index in [4.69, 9.17) is 0 Å². The molecule has 0 fully saturated rings. The van der Waals surface area contributed by atoms with Gasteiger partial charge in [-0.05, 0) is 12.8 Å². The molecule has 1 rings (SSSR count). The van der Waals surface area contributed by atoms with Crippen LogP contribution in [0.3, 0.4) is 0 Å². The van der Waals surface area contributed by atoms with E-state index in [2.05, 4.69) is 9.97 Å². The van der Waals surface area contributed by atoms with E-state index in [0.717, 1.165) is 18.0 Å². The Hall–Kier alpha value is -0.480. The fourth-order valence-electron chi connectivity index (χ4n) is 0.987. The first-order valence-electron chi connectivity index (χ1n) is 4.55. The second kappa shape index (κ2) is 4.67. The number of hydrogen-bond donors (Lipinski definition) is 2. The van der Waals surface area contributed by atoms with E-state index >= 15 is 0 Å². The number of H-pyrrole nitrogens is 1. The third-order valence-corrected chi connectivity index (χ3v) is 3.45. The number of aliphatic hydroxyl groups is 1. The van der Waals surface area contributed by atoms with Crippen LogP contribution in [0, 0.1) is 0 Å². The van der Waals surface area contributed by atoms with Gasteiger partial charge in [0.1, 0.15) is 0 Å². The van der Waals surface area contributed by atoms with Gasteiger partial charge in [0.05, 0.1) is 5.60 Å². The van der Waals surface area contributed by atoms with Crippen molar-refractivity contribution in [2.45, 2.75) is 37.4 Å². The van der Waals surface area contributed by atoms with Crippen LogP contribution in [0.2, 0.25) is 0 Å². The summed E-state index contributed by atoms with van der Waals surface area (Å²) in [7, 11) is 0. The van der Waals surface area contributed by atoms with Crippen LogP contribution in [-0.2, 0) is 0 Å². The monoisotopic (exact) mass is 200 g/mol. The van der Waals surface area contributed by atoms with Gasteiger partial charge in [-0.2, -0.15) is 0 Å². The first-order valence-corrected chi connectivity index (χ1v) is 5.53. The molecule has 0 atom stereocenters. The van der Waals surface area contributed by atoms with Crippen molar-refractivity contribution < 1.29 is 5.11 Å². The Balaban J connectivity index is 2.41. The molecule has 1 aromatic heterocycles. The number of aromatic nitrogens is 2. The van der Waals surface area contributed by atoms with Gasteiger partial charge in [0.25, 0.3) is 0 Å². The lowest BCUT2D eigenvalue weighted by Crippen LogP contribution is -2.29. The minimum atomic E-state index is -0.544. The highest BCUT2D eigenvalue weighted by Crippen LogP contribution is 2.24. The maximum absolute atomic E-state index is 9.97. The number of imidazole rings is 1. The van der Waals surface area contributed by atoms with Gasteiger partial charge in [0.2, 0.25) is 0 Å². The molecule has 74 valence electrons. The van der Waals surface area contributed by atoms with Crippen molar-refractivity contribution in [1.82, 2.24) is 9.97 Å². The Bertz CT molecular complexity index is 232. The molecule has 0 aliphatic heterocycles. The van der Waals surface area contributed by atoms with E-state index in [1.165, 1.54) is 0 Å². The molecule has 0 aliphatic rings. The molecule has 1 aromatic rings. The number of nitrogens with one attached hydrogen (secondary N) is 1. The summed E-state index contributed by atoms with van der Waals surface area (Å²) >= 11 is 1.57. The van der Waals surface area contributed by atoms with Crippen LogP contribution in [0.15, 0.2) is 17.6 Å². The van der Waals surface area contributed by atoms with Gasteiger partial charge in [-0.15, -0.1) is 0 Å². The number of aromatic amines is 1. The second-order valence-electron chi connectivity index (χ2n) is 3.11. The normalized spacial score (nSPS) is 11.9. The number of nitrogens with zero attached hydrogens (tertiary/aromatic N) is 1.